The van der Waals surface area contributed by atoms with E-state index in [1.165, 1.54) is 6.07 Å². The standard InChI is InChI=1S/C22H29F3O3/c1-3-4-15-5-9-18(10-6-15)28-22(24,25)12-11-16-7-8-17-13-14(2)21(26)27-20(17)19(16)23/h7-8,14-15,18H,3-6,9-13H2,1-2H3. The van der Waals surface area contributed by atoms with Crippen LogP contribution in [0.1, 0.15) is 69.9 Å². The van der Waals surface area contributed by atoms with Crippen LogP contribution in [0, 0.1) is 17.7 Å². The molecule has 1 fully saturated rings. The Labute approximate surface area is 164 Å². The predicted molar refractivity (Wildman–Crippen MR) is 99.9 cm³/mol. The van der Waals surface area contributed by atoms with Gasteiger partial charge in [-0.05, 0) is 55.6 Å². The van der Waals surface area contributed by atoms with Gasteiger partial charge >= 0.3 is 12.1 Å². The molecule has 0 bridgehead atoms. The van der Waals surface area contributed by atoms with Crippen molar-refractivity contribution in [2.75, 3.05) is 0 Å². The summed E-state index contributed by atoms with van der Waals surface area (Å²) in [5.74, 6) is -1.03. The van der Waals surface area contributed by atoms with Gasteiger partial charge in [0, 0.05) is 6.42 Å². The highest BCUT2D eigenvalue weighted by Gasteiger charge is 2.36. The van der Waals surface area contributed by atoms with Crippen LogP contribution < -0.4 is 4.74 Å². The van der Waals surface area contributed by atoms with Gasteiger partial charge in [-0.3, -0.25) is 4.79 Å². The molecule has 1 aliphatic heterocycles. The summed E-state index contributed by atoms with van der Waals surface area (Å²) in [5, 5.41) is 0. The minimum atomic E-state index is -3.30. The number of fused-ring (bicyclic) bond motifs is 1. The number of ether oxygens (including phenoxy) is 2. The van der Waals surface area contributed by atoms with Crippen LogP contribution in [0.2, 0.25) is 0 Å². The van der Waals surface area contributed by atoms with Crippen molar-refractivity contribution in [1.29, 1.82) is 0 Å². The summed E-state index contributed by atoms with van der Waals surface area (Å²) < 4.78 is 53.4. The van der Waals surface area contributed by atoms with Gasteiger partial charge in [0.2, 0.25) is 0 Å². The Morgan fingerprint density at radius 3 is 2.61 bits per heavy atom. The van der Waals surface area contributed by atoms with Gasteiger partial charge in [0.25, 0.3) is 0 Å². The molecule has 3 rings (SSSR count). The fourth-order valence-electron chi connectivity index (χ4n) is 4.24. The van der Waals surface area contributed by atoms with Crippen molar-refractivity contribution in [3.8, 4) is 5.75 Å². The SMILES string of the molecule is CCCC1CCC(OC(F)(F)CCc2ccc3c(c2F)OC(=O)C(C)C3)CC1. The third-order valence-corrected chi connectivity index (χ3v) is 5.90. The first-order valence-corrected chi connectivity index (χ1v) is 10.4. The zero-order chi connectivity index (χ0) is 20.3. The molecule has 1 saturated carbocycles. The van der Waals surface area contributed by atoms with E-state index < -0.39 is 30.4 Å². The second-order valence-corrected chi connectivity index (χ2v) is 8.24. The Morgan fingerprint density at radius 1 is 1.21 bits per heavy atom. The Bertz CT molecular complexity index is 697. The van der Waals surface area contributed by atoms with Crippen LogP contribution in [0.3, 0.4) is 0 Å². The van der Waals surface area contributed by atoms with Crippen molar-refractivity contribution in [2.24, 2.45) is 11.8 Å². The lowest BCUT2D eigenvalue weighted by atomic mass is 9.84. The quantitative estimate of drug-likeness (QED) is 0.429. The molecule has 2 aliphatic rings. The van der Waals surface area contributed by atoms with Gasteiger partial charge in [-0.15, -0.1) is 0 Å². The summed E-state index contributed by atoms with van der Waals surface area (Å²) in [7, 11) is 0. The Kier molecular flexibility index (Phi) is 6.69. The number of benzene rings is 1. The van der Waals surface area contributed by atoms with Gasteiger partial charge in [-0.1, -0.05) is 38.8 Å². The predicted octanol–water partition coefficient (Wildman–Crippen LogP) is 5.82. The second-order valence-electron chi connectivity index (χ2n) is 8.24. The smallest absolute Gasteiger partial charge is 0.356 e. The van der Waals surface area contributed by atoms with Crippen LogP contribution in [0.5, 0.6) is 5.75 Å². The van der Waals surface area contributed by atoms with E-state index in [9.17, 15) is 18.0 Å². The van der Waals surface area contributed by atoms with Gasteiger partial charge in [-0.2, -0.15) is 8.78 Å². The number of hydrogen-bond donors (Lipinski definition) is 0. The van der Waals surface area contributed by atoms with E-state index in [4.69, 9.17) is 9.47 Å². The van der Waals surface area contributed by atoms with Crippen molar-refractivity contribution in [1.82, 2.24) is 0 Å². The first kappa shape index (κ1) is 21.2. The maximum absolute atomic E-state index is 14.6. The van der Waals surface area contributed by atoms with Gasteiger partial charge < -0.3 is 9.47 Å². The largest absolute Gasteiger partial charge is 0.423 e. The summed E-state index contributed by atoms with van der Waals surface area (Å²) >= 11 is 0. The molecule has 0 amide bonds. The average molecular weight is 398 g/mol. The lowest BCUT2D eigenvalue weighted by Gasteiger charge is -2.31. The van der Waals surface area contributed by atoms with E-state index in [-0.39, 0.29) is 23.7 Å². The molecule has 0 spiro atoms. The lowest BCUT2D eigenvalue weighted by molar-refractivity contribution is -0.270. The number of hydrogen-bond acceptors (Lipinski definition) is 3. The highest BCUT2D eigenvalue weighted by atomic mass is 19.3. The van der Waals surface area contributed by atoms with Crippen LogP contribution >= 0.6 is 0 Å². The number of alkyl halides is 2. The van der Waals surface area contributed by atoms with Crippen LogP contribution in [0.4, 0.5) is 13.2 Å². The molecule has 0 aromatic heterocycles. The van der Waals surface area contributed by atoms with E-state index in [1.807, 2.05) is 0 Å². The van der Waals surface area contributed by atoms with Crippen LogP contribution in [-0.2, 0) is 22.4 Å². The molecule has 1 heterocycles. The van der Waals surface area contributed by atoms with Crippen molar-refractivity contribution in [2.45, 2.75) is 83.8 Å². The normalized spacial score (nSPS) is 25.3. The molecule has 0 radical (unpaired) electrons. The van der Waals surface area contributed by atoms with Crippen LogP contribution in [0.15, 0.2) is 12.1 Å². The van der Waals surface area contributed by atoms with Crippen LogP contribution in [0.25, 0.3) is 0 Å². The van der Waals surface area contributed by atoms with Gasteiger partial charge in [-0.25, -0.2) is 4.39 Å². The molecule has 3 nitrogen and oxygen atoms in total. The molecule has 1 atom stereocenters. The van der Waals surface area contributed by atoms with Crippen molar-refractivity contribution in [3.05, 3.63) is 29.1 Å². The fourth-order valence-corrected chi connectivity index (χ4v) is 4.24. The van der Waals surface area contributed by atoms with E-state index in [0.29, 0.717) is 30.7 Å². The number of aryl methyl sites for hydroxylation is 1. The number of esters is 1. The molecule has 1 aromatic carbocycles. The highest BCUT2D eigenvalue weighted by Crippen LogP contribution is 2.36. The molecule has 1 aliphatic carbocycles. The molecule has 6 heteroatoms. The van der Waals surface area contributed by atoms with Crippen molar-refractivity contribution < 1.29 is 27.4 Å². The molecule has 156 valence electrons. The molecule has 1 unspecified atom stereocenters. The second kappa shape index (κ2) is 8.85. The van der Waals surface area contributed by atoms with Gasteiger partial charge in [0.15, 0.2) is 11.6 Å². The first-order valence-electron chi connectivity index (χ1n) is 10.4. The Morgan fingerprint density at radius 2 is 1.93 bits per heavy atom. The number of carbonyl (C=O) groups is 1. The first-order chi connectivity index (χ1) is 13.3. The number of halogens is 3. The van der Waals surface area contributed by atoms with E-state index in [1.54, 1.807) is 13.0 Å². The average Bonchev–Trinajstić information content (AvgIpc) is 2.64. The topological polar surface area (TPSA) is 35.5 Å². The summed E-state index contributed by atoms with van der Waals surface area (Å²) in [6, 6.07) is 3.16. The zero-order valence-electron chi connectivity index (χ0n) is 16.6. The van der Waals surface area contributed by atoms with E-state index in [2.05, 4.69) is 6.92 Å². The maximum Gasteiger partial charge on any atom is 0.356 e. The monoisotopic (exact) mass is 398 g/mol. The van der Waals surface area contributed by atoms with Gasteiger partial charge in [0.1, 0.15) is 0 Å². The van der Waals surface area contributed by atoms with Gasteiger partial charge in [0.05, 0.1) is 12.0 Å². The fraction of sp³-hybridized carbons (Fsp3) is 0.682. The van der Waals surface area contributed by atoms with Crippen molar-refractivity contribution >= 4 is 5.97 Å². The summed E-state index contributed by atoms with van der Waals surface area (Å²) in [6.45, 7) is 3.85. The molecule has 28 heavy (non-hydrogen) atoms. The molecule has 1 aromatic rings. The number of carbonyl (C=O) groups excluding carboxylic acids is 1. The Balaban J connectivity index is 1.56. The molecule has 0 N–H and O–H groups in total. The third-order valence-electron chi connectivity index (χ3n) is 5.90. The molecule has 0 saturated heterocycles. The van der Waals surface area contributed by atoms with Crippen LogP contribution in [-0.4, -0.2) is 18.2 Å². The number of rotatable bonds is 7. The summed E-state index contributed by atoms with van der Waals surface area (Å²) in [4.78, 5) is 11.7. The zero-order valence-corrected chi connectivity index (χ0v) is 16.6. The molecular weight excluding hydrogens is 369 g/mol. The lowest BCUT2D eigenvalue weighted by Crippen LogP contribution is -2.31. The maximum atomic E-state index is 14.6. The summed E-state index contributed by atoms with van der Waals surface area (Å²) in [5.41, 5.74) is 0.719. The van der Waals surface area contributed by atoms with E-state index in [0.717, 1.165) is 25.7 Å². The minimum Gasteiger partial charge on any atom is -0.423 e. The van der Waals surface area contributed by atoms with E-state index >= 15 is 0 Å². The highest BCUT2D eigenvalue weighted by molar-refractivity contribution is 5.77. The molecular formula is C22H29F3O3. The summed E-state index contributed by atoms with van der Waals surface area (Å²) in [6.07, 6.45) is 1.32. The third kappa shape index (κ3) is 5.07. The Hall–Kier alpha value is -1.56. The minimum absolute atomic E-state index is 0.112. The van der Waals surface area contributed by atoms with Crippen molar-refractivity contribution in [3.63, 3.8) is 0 Å².